The van der Waals surface area contributed by atoms with E-state index in [4.69, 9.17) is 4.74 Å². The first-order valence-corrected chi connectivity index (χ1v) is 6.46. The van der Waals surface area contributed by atoms with E-state index in [1.165, 1.54) is 0 Å². The third kappa shape index (κ3) is 4.35. The molecular formula is C16H16N2O3. The van der Waals surface area contributed by atoms with Gasteiger partial charge in [0.1, 0.15) is 5.75 Å². The van der Waals surface area contributed by atoms with Gasteiger partial charge < -0.3 is 15.4 Å². The third-order valence-corrected chi connectivity index (χ3v) is 2.85. The van der Waals surface area contributed by atoms with Crippen molar-refractivity contribution >= 4 is 17.5 Å². The Hall–Kier alpha value is -2.82. The highest BCUT2D eigenvalue weighted by molar-refractivity contribution is 6.39. The van der Waals surface area contributed by atoms with Crippen molar-refractivity contribution < 1.29 is 14.3 Å². The number of methoxy groups -OCH3 is 1. The lowest BCUT2D eigenvalue weighted by atomic mass is 10.2. The van der Waals surface area contributed by atoms with E-state index in [0.717, 1.165) is 5.56 Å². The quantitative estimate of drug-likeness (QED) is 0.843. The molecule has 2 N–H and O–H groups in total. The predicted octanol–water partition coefficient (Wildman–Crippen LogP) is 1.95. The molecule has 0 atom stereocenters. The molecule has 0 heterocycles. The van der Waals surface area contributed by atoms with Crippen molar-refractivity contribution in [2.24, 2.45) is 0 Å². The highest BCUT2D eigenvalue weighted by Crippen LogP contribution is 2.14. The predicted molar refractivity (Wildman–Crippen MR) is 79.9 cm³/mol. The second-order valence-corrected chi connectivity index (χ2v) is 4.35. The number of hydrogen-bond donors (Lipinski definition) is 2. The molecule has 5 heteroatoms. The number of ether oxygens (including phenoxy) is 1. The molecule has 5 nitrogen and oxygen atoms in total. The fourth-order valence-corrected chi connectivity index (χ4v) is 1.72. The summed E-state index contributed by atoms with van der Waals surface area (Å²) in [5.41, 5.74) is 1.47. The molecule has 108 valence electrons. The summed E-state index contributed by atoms with van der Waals surface area (Å²) < 4.78 is 5.02. The number of nitrogens with one attached hydrogen (secondary N) is 2. The van der Waals surface area contributed by atoms with Gasteiger partial charge >= 0.3 is 11.8 Å². The molecule has 0 unspecified atom stereocenters. The summed E-state index contributed by atoms with van der Waals surface area (Å²) in [7, 11) is 1.56. The Balaban J connectivity index is 1.86. The molecule has 0 aromatic heterocycles. The first-order valence-electron chi connectivity index (χ1n) is 6.46. The average molecular weight is 284 g/mol. The lowest BCUT2D eigenvalue weighted by molar-refractivity contribution is -0.136. The SMILES string of the molecule is COc1ccc(NC(=O)C(=O)NCc2ccccc2)cc1. The van der Waals surface area contributed by atoms with Crippen molar-refractivity contribution in [3.63, 3.8) is 0 Å². The van der Waals surface area contributed by atoms with E-state index in [0.29, 0.717) is 18.0 Å². The van der Waals surface area contributed by atoms with Crippen LogP contribution in [0.5, 0.6) is 5.75 Å². The molecule has 2 aromatic rings. The molecular weight excluding hydrogens is 268 g/mol. The molecule has 0 saturated carbocycles. The van der Waals surface area contributed by atoms with Gasteiger partial charge in [-0.3, -0.25) is 9.59 Å². The summed E-state index contributed by atoms with van der Waals surface area (Å²) in [5.74, 6) is -0.688. The van der Waals surface area contributed by atoms with Gasteiger partial charge in [0.15, 0.2) is 0 Å². The maximum atomic E-state index is 11.7. The molecule has 0 saturated heterocycles. The Kier molecular flexibility index (Phi) is 4.93. The standard InChI is InChI=1S/C16H16N2O3/c1-21-14-9-7-13(8-10-14)18-16(20)15(19)17-11-12-5-3-2-4-6-12/h2-10H,11H2,1H3,(H,17,19)(H,18,20). The van der Waals surface area contributed by atoms with Crippen molar-refractivity contribution in [1.82, 2.24) is 5.32 Å². The van der Waals surface area contributed by atoms with Gasteiger partial charge in [0.2, 0.25) is 0 Å². The van der Waals surface area contributed by atoms with Crippen LogP contribution < -0.4 is 15.4 Å². The van der Waals surface area contributed by atoms with E-state index in [2.05, 4.69) is 10.6 Å². The van der Waals surface area contributed by atoms with Crippen LogP contribution in [0.2, 0.25) is 0 Å². The van der Waals surface area contributed by atoms with Gasteiger partial charge in [-0.1, -0.05) is 30.3 Å². The zero-order chi connectivity index (χ0) is 15.1. The molecule has 2 rings (SSSR count). The number of carbonyl (C=O) groups is 2. The van der Waals surface area contributed by atoms with Crippen LogP contribution in [0.1, 0.15) is 5.56 Å². The molecule has 21 heavy (non-hydrogen) atoms. The van der Waals surface area contributed by atoms with Crippen LogP contribution in [0.3, 0.4) is 0 Å². The van der Waals surface area contributed by atoms with E-state index >= 15 is 0 Å². The van der Waals surface area contributed by atoms with E-state index in [-0.39, 0.29) is 0 Å². The molecule has 2 amide bonds. The van der Waals surface area contributed by atoms with Gasteiger partial charge in [-0.25, -0.2) is 0 Å². The number of hydrogen-bond acceptors (Lipinski definition) is 3. The summed E-state index contributed by atoms with van der Waals surface area (Å²) in [6, 6.07) is 16.1. The van der Waals surface area contributed by atoms with Crippen LogP contribution in [0.4, 0.5) is 5.69 Å². The van der Waals surface area contributed by atoms with Crippen molar-refractivity contribution in [2.45, 2.75) is 6.54 Å². The number of amides is 2. The molecule has 0 aliphatic rings. The molecule has 0 bridgehead atoms. The normalized spacial score (nSPS) is 9.76. The molecule has 0 aliphatic carbocycles. The zero-order valence-electron chi connectivity index (χ0n) is 11.6. The summed E-state index contributed by atoms with van der Waals surface area (Å²) in [5, 5.41) is 5.09. The van der Waals surface area contributed by atoms with Crippen LogP contribution in [-0.2, 0) is 16.1 Å². The van der Waals surface area contributed by atoms with E-state index in [9.17, 15) is 9.59 Å². The van der Waals surface area contributed by atoms with Crippen LogP contribution in [0.25, 0.3) is 0 Å². The zero-order valence-corrected chi connectivity index (χ0v) is 11.6. The molecule has 2 aromatic carbocycles. The van der Waals surface area contributed by atoms with Crippen LogP contribution in [0.15, 0.2) is 54.6 Å². The Morgan fingerprint density at radius 1 is 0.952 bits per heavy atom. The van der Waals surface area contributed by atoms with Crippen molar-refractivity contribution in [3.8, 4) is 5.75 Å². The van der Waals surface area contributed by atoms with Gasteiger partial charge in [0, 0.05) is 12.2 Å². The van der Waals surface area contributed by atoms with Crippen LogP contribution in [0, 0.1) is 0 Å². The van der Waals surface area contributed by atoms with E-state index in [1.807, 2.05) is 30.3 Å². The fourth-order valence-electron chi connectivity index (χ4n) is 1.72. The van der Waals surface area contributed by atoms with E-state index in [1.54, 1.807) is 31.4 Å². The highest BCUT2D eigenvalue weighted by atomic mass is 16.5. The topological polar surface area (TPSA) is 67.4 Å². The maximum Gasteiger partial charge on any atom is 0.313 e. The molecule has 0 radical (unpaired) electrons. The Morgan fingerprint density at radius 2 is 1.62 bits per heavy atom. The number of carbonyl (C=O) groups excluding carboxylic acids is 2. The van der Waals surface area contributed by atoms with Crippen molar-refractivity contribution in [1.29, 1.82) is 0 Å². The average Bonchev–Trinajstić information content (AvgIpc) is 2.54. The minimum atomic E-state index is -0.698. The number of benzene rings is 2. The second kappa shape index (κ2) is 7.09. The smallest absolute Gasteiger partial charge is 0.313 e. The maximum absolute atomic E-state index is 11.7. The highest BCUT2D eigenvalue weighted by Gasteiger charge is 2.13. The van der Waals surface area contributed by atoms with Gasteiger partial charge in [0.05, 0.1) is 7.11 Å². The van der Waals surface area contributed by atoms with Crippen LogP contribution >= 0.6 is 0 Å². The van der Waals surface area contributed by atoms with Gasteiger partial charge in [-0.15, -0.1) is 0 Å². The summed E-state index contributed by atoms with van der Waals surface area (Å²) in [6.45, 7) is 0.315. The summed E-state index contributed by atoms with van der Waals surface area (Å²) in [4.78, 5) is 23.4. The number of rotatable bonds is 4. The monoisotopic (exact) mass is 284 g/mol. The number of anilines is 1. The molecule has 0 aliphatic heterocycles. The molecule has 0 spiro atoms. The summed E-state index contributed by atoms with van der Waals surface area (Å²) >= 11 is 0. The second-order valence-electron chi connectivity index (χ2n) is 4.35. The van der Waals surface area contributed by atoms with E-state index < -0.39 is 11.8 Å². The fraction of sp³-hybridized carbons (Fsp3) is 0.125. The minimum absolute atomic E-state index is 0.315. The van der Waals surface area contributed by atoms with Crippen LogP contribution in [-0.4, -0.2) is 18.9 Å². The minimum Gasteiger partial charge on any atom is -0.497 e. The lowest BCUT2D eigenvalue weighted by Gasteiger charge is -2.07. The van der Waals surface area contributed by atoms with Crippen molar-refractivity contribution in [3.05, 3.63) is 60.2 Å². The molecule has 0 fully saturated rings. The first-order chi connectivity index (χ1) is 10.2. The van der Waals surface area contributed by atoms with Gasteiger partial charge in [-0.05, 0) is 29.8 Å². The first kappa shape index (κ1) is 14.6. The van der Waals surface area contributed by atoms with Gasteiger partial charge in [0.25, 0.3) is 0 Å². The third-order valence-electron chi connectivity index (χ3n) is 2.85. The van der Waals surface area contributed by atoms with Crippen molar-refractivity contribution in [2.75, 3.05) is 12.4 Å². The lowest BCUT2D eigenvalue weighted by Crippen LogP contribution is -2.34. The Bertz CT molecular complexity index is 609. The largest absolute Gasteiger partial charge is 0.497 e. The summed E-state index contributed by atoms with van der Waals surface area (Å²) in [6.07, 6.45) is 0. The Morgan fingerprint density at radius 3 is 2.24 bits per heavy atom. The van der Waals surface area contributed by atoms with Gasteiger partial charge in [-0.2, -0.15) is 0 Å². The Labute approximate surface area is 122 Å².